The molecule has 10 nitrogen and oxygen atoms in total. The highest BCUT2D eigenvalue weighted by Crippen LogP contribution is 2.76. The minimum atomic E-state index is -4.74. The zero-order chi connectivity index (χ0) is 30.6. The zero-order valence-electron chi connectivity index (χ0n) is 24.3. The Bertz CT molecular complexity index is 1270. The predicted octanol–water partition coefficient (Wildman–Crippen LogP) is 2.03. The maximum absolute atomic E-state index is 14.1. The number of hydrogen-bond acceptors (Lipinski definition) is 6. The number of β-lactam (4-membered cyclic amide) rings is 1. The summed E-state index contributed by atoms with van der Waals surface area (Å²) < 4.78 is 47.3. The van der Waals surface area contributed by atoms with E-state index in [1.807, 2.05) is 20.8 Å². The fraction of sp³-hybridized carbons (Fsp3) is 0.828. The molecule has 0 aromatic heterocycles. The molecule has 6 rings (SSSR count). The minimum Gasteiger partial charge on any atom is -0.370 e. The van der Waals surface area contributed by atoms with E-state index in [4.69, 9.17) is 4.74 Å². The third kappa shape index (κ3) is 3.92. The number of nitriles is 1. The van der Waals surface area contributed by atoms with Crippen molar-refractivity contribution in [1.82, 2.24) is 20.4 Å². The van der Waals surface area contributed by atoms with E-state index in [1.165, 1.54) is 4.90 Å². The lowest BCUT2D eigenvalue weighted by Crippen LogP contribution is -2.76. The smallest absolute Gasteiger partial charge is 0.370 e. The molecule has 6 fully saturated rings. The van der Waals surface area contributed by atoms with Crippen LogP contribution in [0, 0.1) is 34.0 Å². The molecule has 4 amide bonds. The van der Waals surface area contributed by atoms with Crippen molar-refractivity contribution in [2.24, 2.45) is 22.7 Å². The van der Waals surface area contributed by atoms with E-state index in [0.29, 0.717) is 13.0 Å². The average Bonchev–Trinajstić information content (AvgIpc) is 3.86. The molecule has 2 N–H and O–H groups in total. The van der Waals surface area contributed by atoms with Gasteiger partial charge in [-0.1, -0.05) is 13.8 Å². The summed E-state index contributed by atoms with van der Waals surface area (Å²) >= 11 is 0. The van der Waals surface area contributed by atoms with E-state index in [0.717, 1.165) is 19.3 Å². The molecule has 3 aliphatic heterocycles. The van der Waals surface area contributed by atoms with Crippen molar-refractivity contribution in [1.29, 1.82) is 5.26 Å². The molecule has 0 aromatic carbocycles. The lowest BCUT2D eigenvalue weighted by molar-refractivity contribution is -0.194. The van der Waals surface area contributed by atoms with Gasteiger partial charge in [-0.3, -0.25) is 19.2 Å². The van der Waals surface area contributed by atoms with Crippen molar-refractivity contribution in [3.05, 3.63) is 0 Å². The highest BCUT2D eigenvalue weighted by atomic mass is 19.4. The van der Waals surface area contributed by atoms with Gasteiger partial charge in [0.25, 0.3) is 0 Å². The number of piperidine rings is 2. The molecule has 3 heterocycles. The van der Waals surface area contributed by atoms with Gasteiger partial charge in [0.05, 0.1) is 23.3 Å². The fourth-order valence-electron chi connectivity index (χ4n) is 8.10. The molecule has 1 spiro atoms. The summed E-state index contributed by atoms with van der Waals surface area (Å²) in [4.78, 5) is 56.2. The van der Waals surface area contributed by atoms with Gasteiger partial charge in [0.1, 0.15) is 23.5 Å². The standard InChI is InChI=1S/C29H38F3N5O5/c1-15(42-26(4)7-8-26)19(35-24(41)27(9-10-27)29(30,31)32)22(39)36-14-18-25(2,3)28(18)20(36)23(40)37(28)17(13-33)12-16-6-5-11-34-21(16)38/h15-20H,5-12,14H2,1-4H3,(H,34,38)(H,35,41). The van der Waals surface area contributed by atoms with E-state index < -0.39 is 76.0 Å². The normalized spacial score (nSPS) is 35.0. The molecule has 0 aromatic rings. The van der Waals surface area contributed by atoms with Crippen LogP contribution >= 0.6 is 0 Å². The Kier molecular flexibility index (Phi) is 6.30. The molecule has 3 aliphatic carbocycles. The number of ether oxygens (including phenoxy) is 1. The molecule has 7 unspecified atom stereocenters. The summed E-state index contributed by atoms with van der Waals surface area (Å²) in [6.07, 6.45) is -3.30. The first-order chi connectivity index (χ1) is 19.6. The Hall–Kier alpha value is -2.88. The summed E-state index contributed by atoms with van der Waals surface area (Å²) in [6.45, 7) is 8.11. The van der Waals surface area contributed by atoms with E-state index in [-0.39, 0.29) is 37.6 Å². The van der Waals surface area contributed by atoms with Crippen molar-refractivity contribution < 1.29 is 37.1 Å². The number of carbonyl (C=O) groups excluding carboxylic acids is 4. The van der Waals surface area contributed by atoms with Crippen LogP contribution < -0.4 is 10.6 Å². The van der Waals surface area contributed by atoms with E-state index in [2.05, 4.69) is 16.7 Å². The topological polar surface area (TPSA) is 132 Å². The van der Waals surface area contributed by atoms with Crippen molar-refractivity contribution in [2.75, 3.05) is 13.1 Å². The Morgan fingerprint density at radius 2 is 1.86 bits per heavy atom. The predicted molar refractivity (Wildman–Crippen MR) is 140 cm³/mol. The third-order valence-electron chi connectivity index (χ3n) is 11.2. The largest absolute Gasteiger partial charge is 0.403 e. The number of nitrogens with one attached hydrogen (secondary N) is 2. The van der Waals surface area contributed by atoms with E-state index >= 15 is 0 Å². The third-order valence-corrected chi connectivity index (χ3v) is 11.2. The highest BCUT2D eigenvalue weighted by Gasteiger charge is 2.90. The molecule has 13 heteroatoms. The van der Waals surface area contributed by atoms with Crippen LogP contribution in [0.15, 0.2) is 0 Å². The van der Waals surface area contributed by atoms with E-state index in [9.17, 15) is 37.6 Å². The van der Waals surface area contributed by atoms with Crippen molar-refractivity contribution >= 4 is 23.6 Å². The Morgan fingerprint density at radius 3 is 2.40 bits per heavy atom. The number of nitrogens with zero attached hydrogens (tertiary/aromatic N) is 3. The molecule has 230 valence electrons. The molecule has 7 atom stereocenters. The van der Waals surface area contributed by atoms with Crippen LogP contribution in [0.25, 0.3) is 0 Å². The first-order valence-corrected chi connectivity index (χ1v) is 14.9. The van der Waals surface area contributed by atoms with Crippen LogP contribution in [0.3, 0.4) is 0 Å². The lowest BCUT2D eigenvalue weighted by Gasteiger charge is -2.54. The van der Waals surface area contributed by atoms with Crippen LogP contribution in [0.2, 0.25) is 0 Å². The monoisotopic (exact) mass is 593 g/mol. The molecule has 0 bridgehead atoms. The summed E-state index contributed by atoms with van der Waals surface area (Å²) in [6, 6.07) is -0.938. The Labute approximate surface area is 242 Å². The molecule has 3 saturated carbocycles. The second kappa shape index (κ2) is 9.07. The maximum atomic E-state index is 14.1. The van der Waals surface area contributed by atoms with Gasteiger partial charge in [0, 0.05) is 24.9 Å². The molecular formula is C29H38F3N5O5. The van der Waals surface area contributed by atoms with Gasteiger partial charge in [-0.05, 0) is 64.2 Å². The summed E-state index contributed by atoms with van der Waals surface area (Å²) in [5.41, 5.74) is -4.26. The second-order valence-corrected chi connectivity index (χ2v) is 14.0. The molecule has 0 radical (unpaired) electrons. The Balaban J connectivity index is 1.25. The van der Waals surface area contributed by atoms with Gasteiger partial charge < -0.3 is 25.2 Å². The number of likely N-dealkylation sites (tertiary alicyclic amines) is 2. The van der Waals surface area contributed by atoms with Crippen LogP contribution in [0.1, 0.15) is 72.6 Å². The first-order valence-electron chi connectivity index (χ1n) is 14.9. The fourth-order valence-corrected chi connectivity index (χ4v) is 8.10. The molecular weight excluding hydrogens is 555 g/mol. The molecule has 6 aliphatic rings. The van der Waals surface area contributed by atoms with Crippen LogP contribution in [0.4, 0.5) is 13.2 Å². The number of amides is 4. The summed E-state index contributed by atoms with van der Waals surface area (Å²) in [5, 5.41) is 15.3. The first kappa shape index (κ1) is 29.2. The van der Waals surface area contributed by atoms with Crippen LogP contribution in [0.5, 0.6) is 0 Å². The number of alkyl halides is 3. The number of rotatable bonds is 9. The number of carbonyl (C=O) groups is 4. The number of hydrogen-bond donors (Lipinski definition) is 2. The van der Waals surface area contributed by atoms with Gasteiger partial charge in [-0.15, -0.1) is 0 Å². The summed E-state index contributed by atoms with van der Waals surface area (Å²) in [5.74, 6) is -3.01. The van der Waals surface area contributed by atoms with Gasteiger partial charge in [0.15, 0.2) is 0 Å². The van der Waals surface area contributed by atoms with Gasteiger partial charge in [-0.2, -0.15) is 18.4 Å². The van der Waals surface area contributed by atoms with Crippen molar-refractivity contribution in [2.45, 2.75) is 114 Å². The number of halogens is 3. The van der Waals surface area contributed by atoms with Gasteiger partial charge in [0.2, 0.25) is 23.6 Å². The minimum absolute atomic E-state index is 0.137. The second-order valence-electron chi connectivity index (χ2n) is 14.0. The zero-order valence-corrected chi connectivity index (χ0v) is 24.3. The summed E-state index contributed by atoms with van der Waals surface area (Å²) in [7, 11) is 0. The van der Waals surface area contributed by atoms with Crippen LogP contribution in [-0.4, -0.2) is 88.1 Å². The van der Waals surface area contributed by atoms with Crippen molar-refractivity contribution in [3.63, 3.8) is 0 Å². The average molecular weight is 594 g/mol. The highest BCUT2D eigenvalue weighted by molar-refractivity contribution is 6.01. The maximum Gasteiger partial charge on any atom is 0.403 e. The SMILES string of the molecule is CC(OC1(C)CC1)C(NC(=O)C1(C(F)(F)F)CC1)C(=O)N1CC2C(C)(C)C23C1C(=O)N3C(C#N)CC1CCCNC1=O. The van der Waals surface area contributed by atoms with Crippen molar-refractivity contribution in [3.8, 4) is 6.07 Å². The van der Waals surface area contributed by atoms with E-state index in [1.54, 1.807) is 11.8 Å². The molecule has 3 saturated heterocycles. The van der Waals surface area contributed by atoms with Gasteiger partial charge in [-0.25, -0.2) is 0 Å². The Morgan fingerprint density at radius 1 is 1.19 bits per heavy atom. The van der Waals surface area contributed by atoms with Crippen LogP contribution in [-0.2, 0) is 23.9 Å². The van der Waals surface area contributed by atoms with Gasteiger partial charge >= 0.3 is 6.18 Å². The quantitative estimate of drug-likeness (QED) is 0.394. The lowest BCUT2D eigenvalue weighted by atomic mass is 9.80. The molecule has 42 heavy (non-hydrogen) atoms.